The van der Waals surface area contributed by atoms with Crippen molar-refractivity contribution in [1.29, 1.82) is 0 Å². The smallest absolute Gasteiger partial charge is 0.0765 e. The topological polar surface area (TPSA) is 12.4 Å². The van der Waals surface area contributed by atoms with E-state index in [1.165, 1.54) is 9.77 Å². The third kappa shape index (κ3) is 2.70. The zero-order valence-electron chi connectivity index (χ0n) is 8.38. The SMILES string of the molecule is CSc1ccccc1N=Cc1cccs1. The molecule has 0 bridgehead atoms. The molecule has 0 saturated heterocycles. The Morgan fingerprint density at radius 3 is 2.80 bits per heavy atom. The summed E-state index contributed by atoms with van der Waals surface area (Å²) in [6.07, 6.45) is 3.99. The maximum atomic E-state index is 4.48. The number of hydrogen-bond donors (Lipinski definition) is 0. The van der Waals surface area contributed by atoms with Crippen LogP contribution in [0.5, 0.6) is 0 Å². The number of aliphatic imine (C=N–C) groups is 1. The first-order valence-electron chi connectivity index (χ1n) is 4.61. The molecule has 0 fully saturated rings. The molecule has 1 aromatic carbocycles. The predicted molar refractivity (Wildman–Crippen MR) is 69.8 cm³/mol. The van der Waals surface area contributed by atoms with Crippen LogP contribution >= 0.6 is 23.1 Å². The molecule has 0 spiro atoms. The molecule has 0 saturated carbocycles. The van der Waals surface area contributed by atoms with Gasteiger partial charge in [0.2, 0.25) is 0 Å². The van der Waals surface area contributed by atoms with Crippen molar-refractivity contribution in [3.05, 3.63) is 46.7 Å². The minimum Gasteiger partial charge on any atom is -0.254 e. The second-order valence-corrected chi connectivity index (χ2v) is 4.77. The molecule has 0 aliphatic carbocycles. The van der Waals surface area contributed by atoms with Crippen LogP contribution in [0.3, 0.4) is 0 Å². The first-order valence-corrected chi connectivity index (χ1v) is 6.71. The normalized spacial score (nSPS) is 11.0. The Kier molecular flexibility index (Phi) is 3.59. The number of para-hydroxylation sites is 1. The fourth-order valence-corrected chi connectivity index (χ4v) is 2.36. The summed E-state index contributed by atoms with van der Waals surface area (Å²) in [5, 5.41) is 2.06. The molecule has 15 heavy (non-hydrogen) atoms. The lowest BCUT2D eigenvalue weighted by atomic mass is 10.3. The molecule has 3 heteroatoms. The molecule has 2 rings (SSSR count). The van der Waals surface area contributed by atoms with E-state index in [0.717, 1.165) is 5.69 Å². The van der Waals surface area contributed by atoms with Crippen LogP contribution in [0.25, 0.3) is 0 Å². The number of thioether (sulfide) groups is 1. The van der Waals surface area contributed by atoms with Crippen LogP contribution in [0.15, 0.2) is 51.7 Å². The Morgan fingerprint density at radius 2 is 2.07 bits per heavy atom. The maximum absolute atomic E-state index is 4.48. The van der Waals surface area contributed by atoms with E-state index in [1.807, 2.05) is 30.5 Å². The molecule has 0 amide bonds. The molecule has 0 aliphatic heterocycles. The van der Waals surface area contributed by atoms with Gasteiger partial charge in [0, 0.05) is 16.0 Å². The van der Waals surface area contributed by atoms with E-state index >= 15 is 0 Å². The van der Waals surface area contributed by atoms with E-state index in [-0.39, 0.29) is 0 Å². The van der Waals surface area contributed by atoms with Crippen LogP contribution < -0.4 is 0 Å². The molecule has 0 aliphatic rings. The van der Waals surface area contributed by atoms with Crippen molar-refractivity contribution < 1.29 is 0 Å². The van der Waals surface area contributed by atoms with E-state index in [0.29, 0.717) is 0 Å². The molecule has 1 aromatic heterocycles. The zero-order valence-corrected chi connectivity index (χ0v) is 10.0. The van der Waals surface area contributed by atoms with Crippen molar-refractivity contribution in [2.75, 3.05) is 6.26 Å². The molecular formula is C12H11NS2. The Bertz CT molecular complexity index is 446. The van der Waals surface area contributed by atoms with Crippen LogP contribution in [-0.4, -0.2) is 12.5 Å². The highest BCUT2D eigenvalue weighted by molar-refractivity contribution is 7.98. The highest BCUT2D eigenvalue weighted by Gasteiger charge is 1.96. The van der Waals surface area contributed by atoms with Crippen LogP contribution in [0.4, 0.5) is 5.69 Å². The van der Waals surface area contributed by atoms with Gasteiger partial charge in [0.1, 0.15) is 0 Å². The number of thiophene rings is 1. The Hall–Kier alpha value is -1.06. The summed E-state index contributed by atoms with van der Waals surface area (Å²) in [7, 11) is 0. The summed E-state index contributed by atoms with van der Waals surface area (Å²) in [6.45, 7) is 0. The van der Waals surface area contributed by atoms with Crippen molar-refractivity contribution in [1.82, 2.24) is 0 Å². The molecule has 0 N–H and O–H groups in total. The fraction of sp³-hybridized carbons (Fsp3) is 0.0833. The minimum absolute atomic E-state index is 1.04. The lowest BCUT2D eigenvalue weighted by Gasteiger charge is -1.99. The summed E-state index contributed by atoms with van der Waals surface area (Å²) in [5.74, 6) is 0. The number of hydrogen-bond acceptors (Lipinski definition) is 3. The van der Waals surface area contributed by atoms with Gasteiger partial charge in [-0.25, -0.2) is 0 Å². The van der Waals surface area contributed by atoms with Crippen molar-refractivity contribution in [3.63, 3.8) is 0 Å². The van der Waals surface area contributed by atoms with Crippen molar-refractivity contribution in [2.24, 2.45) is 4.99 Å². The van der Waals surface area contributed by atoms with E-state index in [4.69, 9.17) is 0 Å². The first-order chi connectivity index (χ1) is 7.40. The van der Waals surface area contributed by atoms with E-state index in [2.05, 4.69) is 28.8 Å². The van der Waals surface area contributed by atoms with Gasteiger partial charge in [0.15, 0.2) is 0 Å². The fourth-order valence-electron chi connectivity index (χ4n) is 1.23. The summed E-state index contributed by atoms with van der Waals surface area (Å²) >= 11 is 3.42. The third-order valence-corrected chi connectivity index (χ3v) is 3.55. The summed E-state index contributed by atoms with van der Waals surface area (Å²) in [6, 6.07) is 12.3. The van der Waals surface area contributed by atoms with Gasteiger partial charge in [-0.2, -0.15) is 0 Å². The van der Waals surface area contributed by atoms with Crippen molar-refractivity contribution >= 4 is 35.0 Å². The average Bonchev–Trinajstić information content (AvgIpc) is 2.79. The number of nitrogens with zero attached hydrogens (tertiary/aromatic N) is 1. The summed E-state index contributed by atoms with van der Waals surface area (Å²) in [5.41, 5.74) is 1.04. The second kappa shape index (κ2) is 5.14. The van der Waals surface area contributed by atoms with E-state index in [1.54, 1.807) is 23.1 Å². The maximum Gasteiger partial charge on any atom is 0.0765 e. The molecule has 1 nitrogen and oxygen atoms in total. The lowest BCUT2D eigenvalue weighted by molar-refractivity contribution is 1.39. The first kappa shape index (κ1) is 10.5. The predicted octanol–water partition coefficient (Wildman–Crippen LogP) is 4.22. The van der Waals surface area contributed by atoms with Crippen LogP contribution in [0, 0.1) is 0 Å². The molecule has 1 heterocycles. The minimum atomic E-state index is 1.04. The quantitative estimate of drug-likeness (QED) is 0.571. The number of rotatable bonds is 3. The molecular weight excluding hydrogens is 222 g/mol. The molecule has 0 radical (unpaired) electrons. The zero-order chi connectivity index (χ0) is 10.5. The van der Waals surface area contributed by atoms with E-state index < -0.39 is 0 Å². The molecule has 76 valence electrons. The van der Waals surface area contributed by atoms with Gasteiger partial charge in [0.25, 0.3) is 0 Å². The highest BCUT2D eigenvalue weighted by Crippen LogP contribution is 2.27. The monoisotopic (exact) mass is 233 g/mol. The Labute approximate surface area is 97.9 Å². The number of benzene rings is 1. The molecule has 0 unspecified atom stereocenters. The van der Waals surface area contributed by atoms with Crippen LogP contribution in [0.1, 0.15) is 4.88 Å². The Balaban J connectivity index is 2.24. The van der Waals surface area contributed by atoms with Gasteiger partial charge < -0.3 is 0 Å². The van der Waals surface area contributed by atoms with Crippen molar-refractivity contribution in [3.8, 4) is 0 Å². The van der Waals surface area contributed by atoms with Gasteiger partial charge in [-0.05, 0) is 29.8 Å². The van der Waals surface area contributed by atoms with Gasteiger partial charge in [-0.1, -0.05) is 18.2 Å². The lowest BCUT2D eigenvalue weighted by Crippen LogP contribution is -1.74. The highest BCUT2D eigenvalue weighted by atomic mass is 32.2. The largest absolute Gasteiger partial charge is 0.254 e. The average molecular weight is 233 g/mol. The van der Waals surface area contributed by atoms with Crippen LogP contribution in [0.2, 0.25) is 0 Å². The third-order valence-electron chi connectivity index (χ3n) is 1.96. The van der Waals surface area contributed by atoms with Gasteiger partial charge in [-0.3, -0.25) is 4.99 Å². The standard InChI is InChI=1S/C12H11NS2/c1-14-12-7-3-2-6-11(12)13-9-10-5-4-8-15-10/h2-9H,1H3. The summed E-state index contributed by atoms with van der Waals surface area (Å²) < 4.78 is 0. The summed E-state index contributed by atoms with van der Waals surface area (Å²) in [4.78, 5) is 6.88. The van der Waals surface area contributed by atoms with Crippen LogP contribution in [-0.2, 0) is 0 Å². The van der Waals surface area contributed by atoms with Gasteiger partial charge >= 0.3 is 0 Å². The molecule has 2 aromatic rings. The van der Waals surface area contributed by atoms with Gasteiger partial charge in [0.05, 0.1) is 5.69 Å². The molecule has 0 atom stereocenters. The van der Waals surface area contributed by atoms with Crippen molar-refractivity contribution in [2.45, 2.75) is 4.90 Å². The van der Waals surface area contributed by atoms with E-state index in [9.17, 15) is 0 Å². The Morgan fingerprint density at radius 1 is 1.20 bits per heavy atom. The van der Waals surface area contributed by atoms with Gasteiger partial charge in [-0.15, -0.1) is 23.1 Å². The second-order valence-electron chi connectivity index (χ2n) is 2.95.